The van der Waals surface area contributed by atoms with Crippen molar-refractivity contribution in [2.75, 3.05) is 7.11 Å². The molecule has 1 fully saturated rings. The lowest BCUT2D eigenvalue weighted by Gasteiger charge is -2.29. The Morgan fingerprint density at radius 2 is 1.73 bits per heavy atom. The number of ether oxygens (including phenoxy) is 3. The first-order chi connectivity index (χ1) is 12.3. The molecule has 0 saturated carbocycles. The molecule has 0 amide bonds. The molecule has 0 bridgehead atoms. The summed E-state index contributed by atoms with van der Waals surface area (Å²) in [5.41, 5.74) is 1.60. The largest absolute Gasteiger partial charge is 0.496 e. The summed E-state index contributed by atoms with van der Waals surface area (Å²) in [4.78, 5) is 24.1. The molecule has 1 aliphatic heterocycles. The van der Waals surface area contributed by atoms with Gasteiger partial charge in [0.2, 0.25) is 0 Å². The Morgan fingerprint density at radius 1 is 1.04 bits per heavy atom. The SMILES string of the molecule is COc1ccc(F)cc1-c1cccc(C=C2C(=O)OC(C)(C)OC2=O)c1. The van der Waals surface area contributed by atoms with Crippen molar-refractivity contribution in [3.05, 3.63) is 59.4 Å². The molecule has 1 heterocycles. The number of carbonyl (C=O) groups excluding carboxylic acids is 2. The van der Waals surface area contributed by atoms with E-state index in [9.17, 15) is 14.0 Å². The summed E-state index contributed by atoms with van der Waals surface area (Å²) >= 11 is 0. The fourth-order valence-corrected chi connectivity index (χ4v) is 2.65. The summed E-state index contributed by atoms with van der Waals surface area (Å²) in [6, 6.07) is 11.1. The molecule has 3 rings (SSSR count). The summed E-state index contributed by atoms with van der Waals surface area (Å²) in [7, 11) is 1.50. The Hall–Kier alpha value is -3.15. The second-order valence-electron chi connectivity index (χ2n) is 6.21. The van der Waals surface area contributed by atoms with Crippen LogP contribution in [-0.2, 0) is 19.1 Å². The first-order valence-electron chi connectivity index (χ1n) is 7.91. The monoisotopic (exact) mass is 356 g/mol. The highest BCUT2D eigenvalue weighted by molar-refractivity contribution is 6.18. The van der Waals surface area contributed by atoms with Crippen LogP contribution in [0.4, 0.5) is 4.39 Å². The zero-order chi connectivity index (χ0) is 18.9. The number of hydrogen-bond donors (Lipinski definition) is 0. The first kappa shape index (κ1) is 17.7. The number of rotatable bonds is 3. The van der Waals surface area contributed by atoms with Crippen LogP contribution in [-0.4, -0.2) is 24.8 Å². The highest BCUT2D eigenvalue weighted by Crippen LogP contribution is 2.32. The van der Waals surface area contributed by atoms with Gasteiger partial charge in [0.15, 0.2) is 0 Å². The molecule has 6 heteroatoms. The smallest absolute Gasteiger partial charge is 0.348 e. The molecule has 0 spiro atoms. The molecule has 26 heavy (non-hydrogen) atoms. The Balaban J connectivity index is 2.00. The number of benzene rings is 2. The normalized spacial score (nSPS) is 15.9. The van der Waals surface area contributed by atoms with Crippen LogP contribution in [0.1, 0.15) is 19.4 Å². The van der Waals surface area contributed by atoms with E-state index >= 15 is 0 Å². The molecule has 0 aliphatic carbocycles. The molecule has 5 nitrogen and oxygen atoms in total. The lowest BCUT2D eigenvalue weighted by Crippen LogP contribution is -2.41. The van der Waals surface area contributed by atoms with Gasteiger partial charge in [0.05, 0.1) is 7.11 Å². The van der Waals surface area contributed by atoms with Gasteiger partial charge < -0.3 is 14.2 Å². The van der Waals surface area contributed by atoms with Crippen molar-refractivity contribution >= 4 is 18.0 Å². The van der Waals surface area contributed by atoms with Crippen molar-refractivity contribution < 1.29 is 28.2 Å². The third-order valence-corrected chi connectivity index (χ3v) is 3.79. The van der Waals surface area contributed by atoms with Crippen LogP contribution in [0.25, 0.3) is 17.2 Å². The molecular formula is C20H17FO5. The summed E-state index contributed by atoms with van der Waals surface area (Å²) < 4.78 is 29.1. The molecule has 0 unspecified atom stereocenters. The van der Waals surface area contributed by atoms with Gasteiger partial charge in [0, 0.05) is 19.4 Å². The number of methoxy groups -OCH3 is 1. The average Bonchev–Trinajstić information content (AvgIpc) is 2.57. The Morgan fingerprint density at radius 3 is 2.38 bits per heavy atom. The molecule has 1 saturated heterocycles. The molecule has 2 aromatic rings. The van der Waals surface area contributed by atoms with Crippen LogP contribution in [0.2, 0.25) is 0 Å². The van der Waals surface area contributed by atoms with E-state index in [1.165, 1.54) is 45.2 Å². The van der Waals surface area contributed by atoms with Gasteiger partial charge in [-0.1, -0.05) is 18.2 Å². The second-order valence-corrected chi connectivity index (χ2v) is 6.21. The maximum atomic E-state index is 13.6. The highest BCUT2D eigenvalue weighted by Gasteiger charge is 2.38. The van der Waals surface area contributed by atoms with Gasteiger partial charge >= 0.3 is 11.9 Å². The van der Waals surface area contributed by atoms with Gasteiger partial charge in [0.25, 0.3) is 5.79 Å². The average molecular weight is 356 g/mol. The molecule has 134 valence electrons. The summed E-state index contributed by atoms with van der Waals surface area (Å²) in [5.74, 6) is -2.68. The molecule has 0 radical (unpaired) electrons. The Labute approximate surface area is 150 Å². The van der Waals surface area contributed by atoms with Gasteiger partial charge in [-0.3, -0.25) is 0 Å². The zero-order valence-electron chi connectivity index (χ0n) is 14.5. The van der Waals surface area contributed by atoms with E-state index in [2.05, 4.69) is 0 Å². The second kappa shape index (κ2) is 6.63. The van der Waals surface area contributed by atoms with E-state index in [1.807, 2.05) is 0 Å². The molecule has 0 aromatic heterocycles. The van der Waals surface area contributed by atoms with Crippen LogP contribution >= 0.6 is 0 Å². The predicted octanol–water partition coefficient (Wildman–Crippen LogP) is 3.72. The van der Waals surface area contributed by atoms with Crippen molar-refractivity contribution in [3.8, 4) is 16.9 Å². The van der Waals surface area contributed by atoms with E-state index < -0.39 is 23.5 Å². The third kappa shape index (κ3) is 3.59. The van der Waals surface area contributed by atoms with E-state index in [0.29, 0.717) is 22.4 Å². The standard InChI is InChI=1S/C20H17FO5/c1-20(2)25-18(22)16(19(23)26-20)10-12-5-4-6-13(9-12)15-11-14(21)7-8-17(15)24-3/h4-11H,1-3H3. The van der Waals surface area contributed by atoms with Crippen LogP contribution < -0.4 is 4.74 Å². The number of halogens is 1. The quantitative estimate of drug-likeness (QED) is 0.476. The van der Waals surface area contributed by atoms with Gasteiger partial charge in [-0.05, 0) is 41.5 Å². The Kier molecular flexibility index (Phi) is 4.50. The Bertz CT molecular complexity index is 892. The lowest BCUT2D eigenvalue weighted by molar-refractivity contribution is -0.222. The number of carbonyl (C=O) groups is 2. The third-order valence-electron chi connectivity index (χ3n) is 3.79. The van der Waals surface area contributed by atoms with Crippen LogP contribution in [0.5, 0.6) is 5.75 Å². The molecule has 1 aliphatic rings. The molecule has 0 atom stereocenters. The van der Waals surface area contributed by atoms with Crippen LogP contribution in [0.3, 0.4) is 0 Å². The fraction of sp³-hybridized carbons (Fsp3) is 0.200. The van der Waals surface area contributed by atoms with E-state index in [-0.39, 0.29) is 5.57 Å². The zero-order valence-corrected chi connectivity index (χ0v) is 14.5. The van der Waals surface area contributed by atoms with Gasteiger partial charge in [-0.2, -0.15) is 0 Å². The highest BCUT2D eigenvalue weighted by atomic mass is 19.1. The maximum absolute atomic E-state index is 13.6. The maximum Gasteiger partial charge on any atom is 0.348 e. The molecule has 2 aromatic carbocycles. The summed E-state index contributed by atoms with van der Waals surface area (Å²) in [5, 5.41) is 0. The topological polar surface area (TPSA) is 61.8 Å². The molecule has 0 N–H and O–H groups in total. The van der Waals surface area contributed by atoms with Crippen molar-refractivity contribution in [2.45, 2.75) is 19.6 Å². The number of esters is 2. The van der Waals surface area contributed by atoms with Crippen molar-refractivity contribution in [2.24, 2.45) is 0 Å². The number of cyclic esters (lactones) is 2. The summed E-state index contributed by atoms with van der Waals surface area (Å²) in [6.45, 7) is 2.97. The number of hydrogen-bond acceptors (Lipinski definition) is 5. The van der Waals surface area contributed by atoms with Gasteiger partial charge in [-0.25, -0.2) is 14.0 Å². The van der Waals surface area contributed by atoms with Crippen molar-refractivity contribution in [1.29, 1.82) is 0 Å². The lowest BCUT2D eigenvalue weighted by atomic mass is 10.0. The van der Waals surface area contributed by atoms with E-state index in [1.54, 1.807) is 24.3 Å². The summed E-state index contributed by atoms with van der Waals surface area (Å²) in [6.07, 6.45) is 1.38. The van der Waals surface area contributed by atoms with Gasteiger partial charge in [-0.15, -0.1) is 0 Å². The van der Waals surface area contributed by atoms with E-state index in [0.717, 1.165) is 0 Å². The van der Waals surface area contributed by atoms with Crippen molar-refractivity contribution in [1.82, 2.24) is 0 Å². The van der Waals surface area contributed by atoms with Crippen LogP contribution in [0, 0.1) is 5.82 Å². The first-order valence-corrected chi connectivity index (χ1v) is 7.91. The van der Waals surface area contributed by atoms with Gasteiger partial charge in [0.1, 0.15) is 17.1 Å². The predicted molar refractivity (Wildman–Crippen MR) is 92.6 cm³/mol. The minimum atomic E-state index is -1.29. The minimum Gasteiger partial charge on any atom is -0.496 e. The van der Waals surface area contributed by atoms with E-state index in [4.69, 9.17) is 14.2 Å². The van der Waals surface area contributed by atoms with Crippen LogP contribution in [0.15, 0.2) is 48.0 Å². The van der Waals surface area contributed by atoms with Crippen molar-refractivity contribution in [3.63, 3.8) is 0 Å². The molecular weight excluding hydrogens is 339 g/mol. The fourth-order valence-electron chi connectivity index (χ4n) is 2.65. The minimum absolute atomic E-state index is 0.201.